The lowest BCUT2D eigenvalue weighted by Crippen LogP contribution is -2.35. The van der Waals surface area contributed by atoms with E-state index >= 15 is 0 Å². The Kier molecular flexibility index (Phi) is 9.08. The van der Waals surface area contributed by atoms with Gasteiger partial charge in [0.25, 0.3) is 0 Å². The zero-order chi connectivity index (χ0) is 16.6. The summed E-state index contributed by atoms with van der Waals surface area (Å²) in [6.07, 6.45) is 7.57. The van der Waals surface area contributed by atoms with Gasteiger partial charge in [0, 0.05) is 18.3 Å². The molecular weight excluding hydrogens is 254 g/mol. The van der Waals surface area contributed by atoms with Crippen molar-refractivity contribution in [2.45, 2.75) is 60.9 Å². The van der Waals surface area contributed by atoms with Crippen molar-refractivity contribution in [2.75, 3.05) is 6.54 Å². The van der Waals surface area contributed by atoms with Gasteiger partial charge >= 0.3 is 0 Å². The molecule has 120 valence electrons. The smallest absolute Gasteiger partial charge is 0.0368 e. The Morgan fingerprint density at radius 1 is 1.10 bits per heavy atom. The first-order valence-electron chi connectivity index (χ1n) is 8.13. The second-order valence-corrected chi connectivity index (χ2v) is 6.74. The van der Waals surface area contributed by atoms with Gasteiger partial charge in [-0.15, -0.1) is 0 Å². The van der Waals surface area contributed by atoms with Gasteiger partial charge in [0.2, 0.25) is 0 Å². The van der Waals surface area contributed by atoms with Gasteiger partial charge in [-0.2, -0.15) is 0 Å². The summed E-state index contributed by atoms with van der Waals surface area (Å²) < 4.78 is 0. The molecule has 1 unspecified atom stereocenters. The van der Waals surface area contributed by atoms with Gasteiger partial charge in [0.05, 0.1) is 0 Å². The molecule has 0 N–H and O–H groups in total. The van der Waals surface area contributed by atoms with Gasteiger partial charge in [-0.25, -0.2) is 0 Å². The highest BCUT2D eigenvalue weighted by molar-refractivity contribution is 5.27. The molecule has 1 heteroatoms. The Hall–Kier alpha value is -1.24. The number of rotatable bonds is 9. The molecule has 0 aromatic rings. The quantitative estimate of drug-likeness (QED) is 0.472. The minimum absolute atomic E-state index is 0.468. The van der Waals surface area contributed by atoms with Crippen molar-refractivity contribution in [2.24, 2.45) is 11.8 Å². The van der Waals surface area contributed by atoms with E-state index in [9.17, 15) is 0 Å². The molecule has 0 rings (SSSR count). The first kappa shape index (κ1) is 19.8. The number of allylic oxidation sites excluding steroid dienone is 4. The van der Waals surface area contributed by atoms with E-state index in [1.807, 2.05) is 6.92 Å². The van der Waals surface area contributed by atoms with E-state index in [1.54, 1.807) is 0 Å². The minimum Gasteiger partial charge on any atom is -0.365 e. The minimum atomic E-state index is 0.468. The Balaban J connectivity index is 5.18. The lowest BCUT2D eigenvalue weighted by atomic mass is 9.97. The van der Waals surface area contributed by atoms with E-state index in [4.69, 9.17) is 0 Å². The van der Waals surface area contributed by atoms with E-state index in [0.717, 1.165) is 18.7 Å². The molecule has 0 aliphatic heterocycles. The van der Waals surface area contributed by atoms with Crippen LogP contribution in [0.15, 0.2) is 48.2 Å². The third-order valence-corrected chi connectivity index (χ3v) is 3.90. The van der Waals surface area contributed by atoms with Gasteiger partial charge < -0.3 is 4.90 Å². The van der Waals surface area contributed by atoms with E-state index in [2.05, 4.69) is 77.8 Å². The van der Waals surface area contributed by atoms with Gasteiger partial charge in [-0.05, 0) is 50.7 Å². The first-order chi connectivity index (χ1) is 9.70. The molecule has 0 aliphatic rings. The molecule has 0 aromatic carbocycles. The number of hydrogen-bond donors (Lipinski definition) is 0. The topological polar surface area (TPSA) is 3.24 Å². The summed E-state index contributed by atoms with van der Waals surface area (Å²) in [6.45, 7) is 24.7. The van der Waals surface area contributed by atoms with Crippen molar-refractivity contribution in [3.05, 3.63) is 48.2 Å². The van der Waals surface area contributed by atoms with Crippen LogP contribution in [0, 0.1) is 11.8 Å². The number of hydrogen-bond acceptors (Lipinski definition) is 1. The summed E-state index contributed by atoms with van der Waals surface area (Å²) in [6, 6.07) is 0.468. The molecule has 0 aromatic heterocycles. The lowest BCUT2D eigenvalue weighted by molar-refractivity contribution is 0.243. The predicted molar refractivity (Wildman–Crippen MR) is 97.3 cm³/mol. The van der Waals surface area contributed by atoms with Crippen LogP contribution < -0.4 is 0 Å². The molecule has 0 saturated heterocycles. The van der Waals surface area contributed by atoms with E-state index in [0.29, 0.717) is 17.9 Å². The van der Waals surface area contributed by atoms with Gasteiger partial charge in [0.15, 0.2) is 0 Å². The van der Waals surface area contributed by atoms with Crippen molar-refractivity contribution >= 4 is 0 Å². The average molecular weight is 290 g/mol. The Bertz CT molecular complexity index is 396. The predicted octanol–water partition coefficient (Wildman–Crippen LogP) is 5.97. The zero-order valence-electron chi connectivity index (χ0n) is 15.2. The zero-order valence-corrected chi connectivity index (χ0v) is 15.2. The van der Waals surface area contributed by atoms with Crippen molar-refractivity contribution in [3.63, 3.8) is 0 Å². The van der Waals surface area contributed by atoms with Crippen LogP contribution in [-0.4, -0.2) is 17.5 Å². The fourth-order valence-electron chi connectivity index (χ4n) is 2.27. The van der Waals surface area contributed by atoms with Crippen LogP contribution in [0.4, 0.5) is 0 Å². The largest absolute Gasteiger partial charge is 0.365 e. The molecule has 0 amide bonds. The maximum atomic E-state index is 4.22. The number of nitrogens with zero attached hydrogens (tertiary/aromatic N) is 1. The molecule has 21 heavy (non-hydrogen) atoms. The lowest BCUT2D eigenvalue weighted by Gasteiger charge is -2.33. The van der Waals surface area contributed by atoms with Crippen molar-refractivity contribution in [1.29, 1.82) is 0 Å². The highest BCUT2D eigenvalue weighted by Crippen LogP contribution is 2.20. The third-order valence-electron chi connectivity index (χ3n) is 3.90. The van der Waals surface area contributed by atoms with Gasteiger partial charge in [0.1, 0.15) is 0 Å². The van der Waals surface area contributed by atoms with Crippen LogP contribution in [0.5, 0.6) is 0 Å². The fraction of sp³-hybridized carbons (Fsp3) is 0.600. The van der Waals surface area contributed by atoms with Crippen LogP contribution in [0.2, 0.25) is 0 Å². The second kappa shape index (κ2) is 9.65. The summed E-state index contributed by atoms with van der Waals surface area (Å²) in [5.41, 5.74) is 3.64. The summed E-state index contributed by atoms with van der Waals surface area (Å²) in [5.74, 6) is 1.25. The van der Waals surface area contributed by atoms with Crippen molar-refractivity contribution in [3.8, 4) is 0 Å². The highest BCUT2D eigenvalue weighted by Gasteiger charge is 2.16. The van der Waals surface area contributed by atoms with E-state index in [-0.39, 0.29) is 0 Å². The second-order valence-electron chi connectivity index (χ2n) is 6.74. The summed E-state index contributed by atoms with van der Waals surface area (Å²) in [4.78, 5) is 2.38. The van der Waals surface area contributed by atoms with E-state index in [1.165, 1.54) is 11.1 Å². The maximum absolute atomic E-state index is 4.22. The molecule has 0 spiro atoms. The normalized spacial score (nSPS) is 14.0. The Morgan fingerprint density at radius 3 is 2.05 bits per heavy atom. The van der Waals surface area contributed by atoms with E-state index < -0.39 is 0 Å². The SMILES string of the molecule is C=C(C)/C(=C\CN(C(=C)/C=C\C)C(C)C(C)C)CC(C)C. The molecule has 0 saturated carbocycles. The first-order valence-corrected chi connectivity index (χ1v) is 8.13. The van der Waals surface area contributed by atoms with Crippen molar-refractivity contribution in [1.82, 2.24) is 4.90 Å². The molecule has 0 fully saturated rings. The highest BCUT2D eigenvalue weighted by atomic mass is 15.2. The molecular formula is C20H35N. The van der Waals surface area contributed by atoms with Gasteiger partial charge in [-0.1, -0.05) is 58.6 Å². The van der Waals surface area contributed by atoms with Crippen LogP contribution >= 0.6 is 0 Å². The summed E-state index contributed by atoms with van der Waals surface area (Å²) >= 11 is 0. The fourth-order valence-corrected chi connectivity index (χ4v) is 2.27. The van der Waals surface area contributed by atoms with Crippen LogP contribution in [0.1, 0.15) is 54.9 Å². The summed E-state index contributed by atoms with van der Waals surface area (Å²) in [7, 11) is 0. The summed E-state index contributed by atoms with van der Waals surface area (Å²) in [5, 5.41) is 0. The third kappa shape index (κ3) is 7.36. The van der Waals surface area contributed by atoms with Crippen LogP contribution in [0.3, 0.4) is 0 Å². The molecule has 0 radical (unpaired) electrons. The molecule has 1 atom stereocenters. The Morgan fingerprint density at radius 2 is 1.67 bits per heavy atom. The monoisotopic (exact) mass is 289 g/mol. The van der Waals surface area contributed by atoms with Gasteiger partial charge in [-0.3, -0.25) is 0 Å². The average Bonchev–Trinajstić information content (AvgIpc) is 2.36. The molecule has 0 heterocycles. The molecule has 1 nitrogen and oxygen atoms in total. The molecule has 0 bridgehead atoms. The van der Waals surface area contributed by atoms with Crippen molar-refractivity contribution < 1.29 is 0 Å². The van der Waals surface area contributed by atoms with Crippen LogP contribution in [-0.2, 0) is 0 Å². The Labute approximate surface area is 133 Å². The molecule has 0 aliphatic carbocycles. The maximum Gasteiger partial charge on any atom is 0.0368 e. The standard InChI is InChI=1S/C20H35N/c1-10-11-18(8)21(19(9)16(4)5)13-12-20(17(6)7)14-15(2)3/h10-12,15-16,19H,6,8,13-14H2,1-5,7,9H3/b11-10-,20-12-. The van der Waals surface area contributed by atoms with Crippen LogP contribution in [0.25, 0.3) is 0 Å².